The summed E-state index contributed by atoms with van der Waals surface area (Å²) in [6.45, 7) is 1.93. The van der Waals surface area contributed by atoms with Gasteiger partial charge in [0.15, 0.2) is 0 Å². The van der Waals surface area contributed by atoms with Crippen molar-refractivity contribution in [1.82, 2.24) is 0 Å². The highest BCUT2D eigenvalue weighted by Crippen LogP contribution is 2.26. The van der Waals surface area contributed by atoms with E-state index >= 15 is 0 Å². The lowest BCUT2D eigenvalue weighted by atomic mass is 9.93. The number of carbonyl (C=O) groups excluding carboxylic acids is 1. The van der Waals surface area contributed by atoms with Crippen molar-refractivity contribution in [3.8, 4) is 5.75 Å². The molecule has 0 aliphatic heterocycles. The molecule has 1 amide bonds. The molecule has 0 spiro atoms. The number of aliphatic hydroxyl groups excluding tert-OH is 1. The second kappa shape index (κ2) is 8.34. The van der Waals surface area contributed by atoms with Crippen molar-refractivity contribution in [2.45, 2.75) is 32.3 Å². The van der Waals surface area contributed by atoms with Crippen LogP contribution in [0.25, 0.3) is 0 Å². The highest BCUT2D eigenvalue weighted by atomic mass is 16.5. The van der Waals surface area contributed by atoms with E-state index in [1.807, 2.05) is 30.3 Å². The molecule has 2 aromatic carbocycles. The number of carbonyl (C=O) groups is 1. The lowest BCUT2D eigenvalue weighted by Gasteiger charge is -2.17. The van der Waals surface area contributed by atoms with Gasteiger partial charge in [-0.2, -0.15) is 0 Å². The number of aliphatic hydroxyl groups is 1. The molecule has 0 fully saturated rings. The molecule has 0 aliphatic carbocycles. The zero-order valence-corrected chi connectivity index (χ0v) is 13.6. The van der Waals surface area contributed by atoms with Crippen LogP contribution in [0.3, 0.4) is 0 Å². The molecule has 0 saturated heterocycles. The Morgan fingerprint density at radius 3 is 2.57 bits per heavy atom. The van der Waals surface area contributed by atoms with E-state index < -0.39 is 0 Å². The summed E-state index contributed by atoms with van der Waals surface area (Å²) < 4.78 is 5.18. The van der Waals surface area contributed by atoms with Crippen LogP contribution in [0.5, 0.6) is 5.75 Å². The zero-order chi connectivity index (χ0) is 16.7. The Morgan fingerprint density at radius 2 is 1.96 bits per heavy atom. The normalized spacial score (nSPS) is 11.8. The van der Waals surface area contributed by atoms with Crippen LogP contribution < -0.4 is 10.1 Å². The minimum atomic E-state index is -0.180. The average Bonchev–Trinajstić information content (AvgIpc) is 2.60. The molecule has 0 saturated carbocycles. The molecule has 0 aromatic heterocycles. The summed E-state index contributed by atoms with van der Waals surface area (Å²) in [4.78, 5) is 12.7. The summed E-state index contributed by atoms with van der Waals surface area (Å²) in [5, 5.41) is 12.3. The predicted octanol–water partition coefficient (Wildman–Crippen LogP) is 3.71. The predicted molar refractivity (Wildman–Crippen MR) is 91.6 cm³/mol. The molecule has 0 aliphatic rings. The van der Waals surface area contributed by atoms with E-state index in [2.05, 4.69) is 12.2 Å². The highest BCUT2D eigenvalue weighted by molar-refractivity contribution is 5.96. The third-order valence-corrected chi connectivity index (χ3v) is 3.81. The number of amides is 1. The quantitative estimate of drug-likeness (QED) is 0.819. The smallest absolute Gasteiger partial charge is 0.231 e. The molecule has 23 heavy (non-hydrogen) atoms. The largest absolute Gasteiger partial charge is 0.496 e. The summed E-state index contributed by atoms with van der Waals surface area (Å²) in [5.74, 6) is 0.395. The van der Waals surface area contributed by atoms with Gasteiger partial charge in [0.2, 0.25) is 5.91 Å². The lowest BCUT2D eigenvalue weighted by molar-refractivity contribution is -0.117. The number of hydrogen-bond acceptors (Lipinski definition) is 3. The number of methoxy groups -OCH3 is 1. The van der Waals surface area contributed by atoms with Crippen LogP contribution in [0.4, 0.5) is 5.69 Å². The van der Waals surface area contributed by atoms with Gasteiger partial charge in [-0.3, -0.25) is 4.79 Å². The van der Waals surface area contributed by atoms with Crippen molar-refractivity contribution in [1.29, 1.82) is 0 Å². The molecule has 0 bridgehead atoms. The molecule has 122 valence electrons. The van der Waals surface area contributed by atoms with E-state index in [0.29, 0.717) is 17.0 Å². The van der Waals surface area contributed by atoms with Crippen LogP contribution in [-0.2, 0) is 11.4 Å². The molecular formula is C19H23NO3. The SMILES string of the molecule is CCCC(C(=O)Nc1ccc(OC)c(CO)c1)c1ccccc1. The van der Waals surface area contributed by atoms with Gasteiger partial charge in [0, 0.05) is 11.3 Å². The van der Waals surface area contributed by atoms with E-state index in [-0.39, 0.29) is 18.4 Å². The summed E-state index contributed by atoms with van der Waals surface area (Å²) in [6.07, 6.45) is 1.72. The molecule has 4 heteroatoms. The second-order valence-electron chi connectivity index (χ2n) is 5.43. The minimum Gasteiger partial charge on any atom is -0.496 e. The van der Waals surface area contributed by atoms with Crippen LogP contribution in [0, 0.1) is 0 Å². The van der Waals surface area contributed by atoms with Crippen molar-refractivity contribution in [2.75, 3.05) is 12.4 Å². The minimum absolute atomic E-state index is 0.0351. The lowest BCUT2D eigenvalue weighted by Crippen LogP contribution is -2.21. The third kappa shape index (κ3) is 4.33. The number of benzene rings is 2. The molecule has 4 nitrogen and oxygen atoms in total. The first-order valence-electron chi connectivity index (χ1n) is 7.83. The fourth-order valence-electron chi connectivity index (χ4n) is 2.63. The number of rotatable bonds is 7. The van der Waals surface area contributed by atoms with E-state index in [0.717, 1.165) is 18.4 Å². The zero-order valence-electron chi connectivity index (χ0n) is 13.6. The molecule has 2 rings (SSSR count). The van der Waals surface area contributed by atoms with Crippen molar-refractivity contribution < 1.29 is 14.6 Å². The summed E-state index contributed by atoms with van der Waals surface area (Å²) in [7, 11) is 1.55. The van der Waals surface area contributed by atoms with Gasteiger partial charge in [0.25, 0.3) is 0 Å². The topological polar surface area (TPSA) is 58.6 Å². The number of hydrogen-bond donors (Lipinski definition) is 2. The van der Waals surface area contributed by atoms with Gasteiger partial charge in [-0.15, -0.1) is 0 Å². The average molecular weight is 313 g/mol. The Labute approximate surface area is 137 Å². The first-order chi connectivity index (χ1) is 11.2. The summed E-state index contributed by atoms with van der Waals surface area (Å²) >= 11 is 0. The first kappa shape index (κ1) is 17.0. The highest BCUT2D eigenvalue weighted by Gasteiger charge is 2.20. The molecule has 2 N–H and O–H groups in total. The summed E-state index contributed by atoms with van der Waals surface area (Å²) in [5.41, 5.74) is 2.33. The van der Waals surface area contributed by atoms with Gasteiger partial charge in [-0.25, -0.2) is 0 Å². The van der Waals surface area contributed by atoms with E-state index in [1.54, 1.807) is 25.3 Å². The first-order valence-corrected chi connectivity index (χ1v) is 7.83. The van der Waals surface area contributed by atoms with Crippen LogP contribution in [0.1, 0.15) is 36.8 Å². The Hall–Kier alpha value is -2.33. The van der Waals surface area contributed by atoms with Crippen molar-refractivity contribution in [3.63, 3.8) is 0 Å². The maximum absolute atomic E-state index is 12.7. The fourth-order valence-corrected chi connectivity index (χ4v) is 2.63. The molecular weight excluding hydrogens is 290 g/mol. The van der Waals surface area contributed by atoms with Crippen LogP contribution in [0.15, 0.2) is 48.5 Å². The van der Waals surface area contributed by atoms with E-state index in [9.17, 15) is 9.90 Å². The number of ether oxygens (including phenoxy) is 1. The maximum atomic E-state index is 12.7. The van der Waals surface area contributed by atoms with E-state index in [4.69, 9.17) is 4.74 Å². The maximum Gasteiger partial charge on any atom is 0.231 e. The monoisotopic (exact) mass is 313 g/mol. The molecule has 2 aromatic rings. The third-order valence-electron chi connectivity index (χ3n) is 3.81. The van der Waals surface area contributed by atoms with Gasteiger partial charge in [0.1, 0.15) is 5.75 Å². The Morgan fingerprint density at radius 1 is 1.22 bits per heavy atom. The van der Waals surface area contributed by atoms with Crippen LogP contribution in [-0.4, -0.2) is 18.1 Å². The Kier molecular flexibility index (Phi) is 6.18. The molecule has 0 heterocycles. The second-order valence-corrected chi connectivity index (χ2v) is 5.43. The van der Waals surface area contributed by atoms with E-state index in [1.165, 1.54) is 0 Å². The molecule has 1 unspecified atom stereocenters. The Balaban J connectivity index is 2.18. The fraction of sp³-hybridized carbons (Fsp3) is 0.316. The van der Waals surface area contributed by atoms with Crippen LogP contribution in [0.2, 0.25) is 0 Å². The van der Waals surface area contributed by atoms with Gasteiger partial charge in [-0.1, -0.05) is 43.7 Å². The number of nitrogens with one attached hydrogen (secondary N) is 1. The van der Waals surface area contributed by atoms with Crippen molar-refractivity contribution in [3.05, 3.63) is 59.7 Å². The van der Waals surface area contributed by atoms with Gasteiger partial charge in [-0.05, 0) is 30.2 Å². The van der Waals surface area contributed by atoms with Gasteiger partial charge >= 0.3 is 0 Å². The standard InChI is InChI=1S/C19H23NO3/c1-3-7-17(14-8-5-4-6-9-14)19(22)20-16-10-11-18(23-2)15(12-16)13-21/h4-6,8-12,17,21H,3,7,13H2,1-2H3,(H,20,22). The van der Waals surface area contributed by atoms with Crippen LogP contribution >= 0.6 is 0 Å². The van der Waals surface area contributed by atoms with Gasteiger partial charge in [0.05, 0.1) is 19.6 Å². The molecule has 1 atom stereocenters. The van der Waals surface area contributed by atoms with Crippen molar-refractivity contribution >= 4 is 11.6 Å². The van der Waals surface area contributed by atoms with Gasteiger partial charge < -0.3 is 15.2 Å². The number of anilines is 1. The Bertz CT molecular complexity index is 640. The molecule has 0 radical (unpaired) electrons. The summed E-state index contributed by atoms with van der Waals surface area (Å²) in [6, 6.07) is 15.1. The van der Waals surface area contributed by atoms with Crippen molar-refractivity contribution in [2.24, 2.45) is 0 Å².